The fraction of sp³-hybridized carbons (Fsp3) is 0.533. The summed E-state index contributed by atoms with van der Waals surface area (Å²) in [6.45, 7) is 7.51. The number of rotatable bonds is 4. The molecule has 0 heterocycles. The van der Waals surface area contributed by atoms with Crippen molar-refractivity contribution in [3.63, 3.8) is 0 Å². The molecule has 0 fully saturated rings. The van der Waals surface area contributed by atoms with Gasteiger partial charge in [0.1, 0.15) is 5.60 Å². The molecular formula is C15H24N2O2. The van der Waals surface area contributed by atoms with Gasteiger partial charge in [-0.1, -0.05) is 12.1 Å². The predicted octanol–water partition coefficient (Wildman–Crippen LogP) is 3.31. The molecule has 1 aromatic carbocycles. The van der Waals surface area contributed by atoms with Crippen molar-refractivity contribution in [1.82, 2.24) is 0 Å². The highest BCUT2D eigenvalue weighted by Gasteiger charge is 2.16. The number of nitrogens with one attached hydrogen (secondary N) is 1. The molecule has 0 aliphatic rings. The van der Waals surface area contributed by atoms with Crippen LogP contribution >= 0.6 is 0 Å². The zero-order valence-corrected chi connectivity index (χ0v) is 12.2. The maximum Gasteiger partial charge on any atom is 0.412 e. The van der Waals surface area contributed by atoms with Crippen LogP contribution in [-0.4, -0.2) is 17.7 Å². The van der Waals surface area contributed by atoms with Crippen LogP contribution in [0.1, 0.15) is 39.7 Å². The standard InChI is InChI=1S/C15H24N2O2/c1-11(16)8-9-12-6-5-7-13(10-12)17-14(18)19-15(2,3)4/h5-7,10-11H,8-9,16H2,1-4H3,(H,17,18)/t11-/m0/s1. The number of hydrogen-bond donors (Lipinski definition) is 2. The third-order valence-electron chi connectivity index (χ3n) is 2.46. The van der Waals surface area contributed by atoms with Gasteiger partial charge in [-0.25, -0.2) is 4.79 Å². The van der Waals surface area contributed by atoms with Gasteiger partial charge in [0.15, 0.2) is 0 Å². The van der Waals surface area contributed by atoms with Crippen LogP contribution < -0.4 is 11.1 Å². The Labute approximate surface area is 115 Å². The fourth-order valence-corrected chi connectivity index (χ4v) is 1.62. The first-order valence-corrected chi connectivity index (χ1v) is 6.61. The maximum absolute atomic E-state index is 11.7. The minimum absolute atomic E-state index is 0.183. The molecule has 0 unspecified atom stereocenters. The quantitative estimate of drug-likeness (QED) is 0.876. The highest BCUT2D eigenvalue weighted by Crippen LogP contribution is 2.15. The molecule has 4 nitrogen and oxygen atoms in total. The zero-order valence-electron chi connectivity index (χ0n) is 12.2. The molecular weight excluding hydrogens is 240 g/mol. The topological polar surface area (TPSA) is 64.3 Å². The van der Waals surface area contributed by atoms with E-state index in [1.165, 1.54) is 0 Å². The summed E-state index contributed by atoms with van der Waals surface area (Å²) in [6.07, 6.45) is 1.40. The Morgan fingerprint density at radius 3 is 2.68 bits per heavy atom. The first-order chi connectivity index (χ1) is 8.76. The first-order valence-electron chi connectivity index (χ1n) is 6.61. The predicted molar refractivity (Wildman–Crippen MR) is 78.3 cm³/mol. The number of aryl methyl sites for hydroxylation is 1. The second kappa shape index (κ2) is 6.57. The molecule has 0 spiro atoms. The van der Waals surface area contributed by atoms with Crippen LogP contribution in [0.4, 0.5) is 10.5 Å². The van der Waals surface area contributed by atoms with E-state index in [9.17, 15) is 4.79 Å². The Morgan fingerprint density at radius 2 is 2.11 bits per heavy atom. The van der Waals surface area contributed by atoms with Crippen LogP contribution in [0.15, 0.2) is 24.3 Å². The number of anilines is 1. The molecule has 0 aliphatic carbocycles. The van der Waals surface area contributed by atoms with Gasteiger partial charge in [-0.15, -0.1) is 0 Å². The molecule has 19 heavy (non-hydrogen) atoms. The van der Waals surface area contributed by atoms with Crippen LogP contribution in [0.5, 0.6) is 0 Å². The third kappa shape index (κ3) is 6.82. The molecule has 0 saturated heterocycles. The summed E-state index contributed by atoms with van der Waals surface area (Å²) in [7, 11) is 0. The van der Waals surface area contributed by atoms with E-state index in [2.05, 4.69) is 5.32 Å². The van der Waals surface area contributed by atoms with E-state index in [0.717, 1.165) is 24.1 Å². The Bertz CT molecular complexity index is 422. The molecule has 0 aliphatic heterocycles. The van der Waals surface area contributed by atoms with Crippen molar-refractivity contribution >= 4 is 11.8 Å². The summed E-state index contributed by atoms with van der Waals surface area (Å²) in [6, 6.07) is 7.93. The van der Waals surface area contributed by atoms with E-state index < -0.39 is 11.7 Å². The van der Waals surface area contributed by atoms with Gasteiger partial charge in [-0.2, -0.15) is 0 Å². The van der Waals surface area contributed by atoms with Gasteiger partial charge in [0.25, 0.3) is 0 Å². The monoisotopic (exact) mass is 264 g/mol. The van der Waals surface area contributed by atoms with E-state index in [1.807, 2.05) is 52.0 Å². The normalized spacial score (nSPS) is 12.9. The lowest BCUT2D eigenvalue weighted by Crippen LogP contribution is -2.27. The van der Waals surface area contributed by atoms with Gasteiger partial charge in [0.2, 0.25) is 0 Å². The van der Waals surface area contributed by atoms with Gasteiger partial charge in [0, 0.05) is 11.7 Å². The molecule has 106 valence electrons. The van der Waals surface area contributed by atoms with Crippen LogP contribution in [0.3, 0.4) is 0 Å². The van der Waals surface area contributed by atoms with Crippen LogP contribution in [0.25, 0.3) is 0 Å². The molecule has 3 N–H and O–H groups in total. The van der Waals surface area contributed by atoms with Crippen molar-refractivity contribution in [1.29, 1.82) is 0 Å². The van der Waals surface area contributed by atoms with Gasteiger partial charge >= 0.3 is 6.09 Å². The summed E-state index contributed by atoms with van der Waals surface area (Å²) >= 11 is 0. The minimum Gasteiger partial charge on any atom is -0.444 e. The molecule has 1 aromatic rings. The molecule has 1 rings (SSSR count). The van der Waals surface area contributed by atoms with E-state index in [-0.39, 0.29) is 6.04 Å². The first kappa shape index (κ1) is 15.5. The van der Waals surface area contributed by atoms with Crippen molar-refractivity contribution in [3.8, 4) is 0 Å². The Kier molecular flexibility index (Phi) is 5.36. The van der Waals surface area contributed by atoms with Gasteiger partial charge in [0.05, 0.1) is 0 Å². The molecule has 0 aromatic heterocycles. The number of ether oxygens (including phenoxy) is 1. The average molecular weight is 264 g/mol. The molecule has 1 atom stereocenters. The van der Waals surface area contributed by atoms with Crippen molar-refractivity contribution in [3.05, 3.63) is 29.8 Å². The Hall–Kier alpha value is -1.55. The van der Waals surface area contributed by atoms with Crippen molar-refractivity contribution in [2.75, 3.05) is 5.32 Å². The lowest BCUT2D eigenvalue weighted by molar-refractivity contribution is 0.0636. The van der Waals surface area contributed by atoms with Crippen molar-refractivity contribution in [2.24, 2.45) is 5.73 Å². The summed E-state index contributed by atoms with van der Waals surface area (Å²) in [5, 5.41) is 2.73. The second-order valence-corrected chi connectivity index (χ2v) is 5.84. The second-order valence-electron chi connectivity index (χ2n) is 5.84. The molecule has 4 heteroatoms. The zero-order chi connectivity index (χ0) is 14.5. The SMILES string of the molecule is C[C@H](N)CCc1cccc(NC(=O)OC(C)(C)C)c1. The smallest absolute Gasteiger partial charge is 0.412 e. The molecule has 1 amide bonds. The third-order valence-corrected chi connectivity index (χ3v) is 2.46. The summed E-state index contributed by atoms with van der Waals surface area (Å²) < 4.78 is 5.21. The number of carbonyl (C=O) groups excluding carboxylic acids is 1. The molecule has 0 saturated carbocycles. The van der Waals surface area contributed by atoms with Crippen molar-refractivity contribution < 1.29 is 9.53 Å². The van der Waals surface area contributed by atoms with Gasteiger partial charge < -0.3 is 10.5 Å². The lowest BCUT2D eigenvalue weighted by Gasteiger charge is -2.19. The largest absolute Gasteiger partial charge is 0.444 e. The van der Waals surface area contributed by atoms with E-state index >= 15 is 0 Å². The van der Waals surface area contributed by atoms with E-state index in [4.69, 9.17) is 10.5 Å². The number of amides is 1. The van der Waals surface area contributed by atoms with Crippen LogP contribution in [0, 0.1) is 0 Å². The van der Waals surface area contributed by atoms with E-state index in [0.29, 0.717) is 0 Å². The van der Waals surface area contributed by atoms with Crippen LogP contribution in [0.2, 0.25) is 0 Å². The van der Waals surface area contributed by atoms with E-state index in [1.54, 1.807) is 0 Å². The van der Waals surface area contributed by atoms with Crippen molar-refractivity contribution in [2.45, 2.75) is 52.2 Å². The minimum atomic E-state index is -0.489. The lowest BCUT2D eigenvalue weighted by atomic mass is 10.1. The maximum atomic E-state index is 11.7. The fourth-order valence-electron chi connectivity index (χ4n) is 1.62. The summed E-state index contributed by atoms with van der Waals surface area (Å²) in [5.74, 6) is 0. The highest BCUT2D eigenvalue weighted by atomic mass is 16.6. The highest BCUT2D eigenvalue weighted by molar-refractivity contribution is 5.84. The number of nitrogens with two attached hydrogens (primary N) is 1. The van der Waals surface area contributed by atoms with Crippen LogP contribution in [-0.2, 0) is 11.2 Å². The average Bonchev–Trinajstić information content (AvgIpc) is 2.24. The summed E-state index contributed by atoms with van der Waals surface area (Å²) in [4.78, 5) is 11.7. The summed E-state index contributed by atoms with van der Waals surface area (Å²) in [5.41, 5.74) is 7.15. The Morgan fingerprint density at radius 1 is 1.42 bits per heavy atom. The number of benzene rings is 1. The molecule has 0 bridgehead atoms. The number of carbonyl (C=O) groups is 1. The van der Waals surface area contributed by atoms with Gasteiger partial charge in [-0.3, -0.25) is 5.32 Å². The Balaban J connectivity index is 2.59. The van der Waals surface area contributed by atoms with Gasteiger partial charge in [-0.05, 0) is 58.2 Å². The number of hydrogen-bond acceptors (Lipinski definition) is 3. The molecule has 0 radical (unpaired) electrons.